The number of methoxy groups -OCH3 is 4. The number of hydrogen-bond acceptors (Lipinski definition) is 8. The molecule has 0 aliphatic heterocycles. The summed E-state index contributed by atoms with van der Waals surface area (Å²) in [5.41, 5.74) is 1.95. The summed E-state index contributed by atoms with van der Waals surface area (Å²) in [5, 5.41) is 0. The van der Waals surface area contributed by atoms with Gasteiger partial charge in [-0.15, -0.1) is 0 Å². The van der Waals surface area contributed by atoms with Crippen LogP contribution in [0.4, 0.5) is 0 Å². The second kappa shape index (κ2) is 14.5. The Bertz CT molecular complexity index is 1260. The van der Waals surface area contributed by atoms with Gasteiger partial charge in [-0.3, -0.25) is 9.59 Å². The van der Waals surface area contributed by atoms with Crippen LogP contribution in [0.2, 0.25) is 0 Å². The lowest BCUT2D eigenvalue weighted by molar-refractivity contribution is 0.0917. The molecule has 202 valence electrons. The van der Waals surface area contributed by atoms with Gasteiger partial charge in [0.25, 0.3) is 0 Å². The van der Waals surface area contributed by atoms with E-state index in [9.17, 15) is 9.59 Å². The van der Waals surface area contributed by atoms with E-state index in [0.29, 0.717) is 52.9 Å². The summed E-state index contributed by atoms with van der Waals surface area (Å²) >= 11 is 2.12. The van der Waals surface area contributed by atoms with Crippen molar-refractivity contribution in [1.29, 1.82) is 0 Å². The van der Waals surface area contributed by atoms with Crippen LogP contribution in [0.25, 0.3) is 0 Å². The van der Waals surface area contributed by atoms with Gasteiger partial charge in [0.1, 0.15) is 0 Å². The molecule has 0 heterocycles. The molecule has 0 radical (unpaired) electrons. The maximum Gasteiger partial charge on any atom is 0.203 e. The summed E-state index contributed by atoms with van der Waals surface area (Å²) in [4.78, 5) is 26.8. The van der Waals surface area contributed by atoms with Gasteiger partial charge in [0.05, 0.1) is 38.6 Å². The fourth-order valence-electron chi connectivity index (χ4n) is 3.76. The smallest absolute Gasteiger partial charge is 0.203 e. The summed E-state index contributed by atoms with van der Waals surface area (Å²) in [7, 11) is 12.9. The third-order valence-electron chi connectivity index (χ3n) is 5.77. The molecule has 0 saturated heterocycles. The summed E-state index contributed by atoms with van der Waals surface area (Å²) < 4.78 is 28.2. The highest BCUT2D eigenvalue weighted by atomic mass is 127. The molecular weight excluding hydrogens is 643 g/mol. The van der Waals surface area contributed by atoms with Gasteiger partial charge in [0.15, 0.2) is 34.6 Å². The van der Waals surface area contributed by atoms with E-state index in [1.54, 1.807) is 24.3 Å². The number of carbonyl (C=O) groups is 2. The summed E-state index contributed by atoms with van der Waals surface area (Å²) in [6, 6.07) is 14.5. The largest absolute Gasteiger partial charge is 0.493 e. The molecule has 0 atom stereocenters. The SMILES string of the molecule is COc1cc(C(=O)CCC(=O)c2cc(OC)c(OC)c(OC)c2)cc(I)c1OCCc1ccc(SCl)cc1. The number of carbonyl (C=O) groups excluding carboxylic acids is 2. The first-order valence-electron chi connectivity index (χ1n) is 11.6. The molecule has 3 aromatic rings. The number of halogens is 2. The van der Waals surface area contributed by atoms with E-state index >= 15 is 0 Å². The lowest BCUT2D eigenvalue weighted by Gasteiger charge is -2.15. The van der Waals surface area contributed by atoms with Crippen molar-refractivity contribution in [3.05, 3.63) is 68.8 Å². The van der Waals surface area contributed by atoms with Crippen molar-refractivity contribution in [2.24, 2.45) is 0 Å². The third kappa shape index (κ3) is 7.48. The minimum atomic E-state index is -0.211. The maximum atomic E-state index is 13.0. The molecule has 0 aliphatic carbocycles. The third-order valence-corrected chi connectivity index (χ3v) is 7.55. The number of ketones is 2. The molecule has 0 fully saturated rings. The monoisotopic (exact) mass is 670 g/mol. The van der Waals surface area contributed by atoms with E-state index in [1.165, 1.54) is 39.4 Å². The summed E-state index contributed by atoms with van der Waals surface area (Å²) in [5.74, 6) is 1.80. The van der Waals surface area contributed by atoms with Crippen molar-refractivity contribution >= 4 is 55.8 Å². The van der Waals surface area contributed by atoms with E-state index < -0.39 is 0 Å². The van der Waals surface area contributed by atoms with Crippen LogP contribution in [0, 0.1) is 3.57 Å². The van der Waals surface area contributed by atoms with Crippen LogP contribution in [0.3, 0.4) is 0 Å². The lowest BCUT2D eigenvalue weighted by Crippen LogP contribution is -2.08. The minimum Gasteiger partial charge on any atom is -0.493 e. The predicted molar refractivity (Wildman–Crippen MR) is 157 cm³/mol. The van der Waals surface area contributed by atoms with Crippen LogP contribution < -0.4 is 23.7 Å². The van der Waals surface area contributed by atoms with Crippen molar-refractivity contribution in [2.75, 3.05) is 35.0 Å². The molecular formula is C28H28ClIO7S. The molecule has 7 nitrogen and oxygen atoms in total. The Balaban J connectivity index is 1.66. The van der Waals surface area contributed by atoms with E-state index in [4.69, 9.17) is 34.4 Å². The van der Waals surface area contributed by atoms with E-state index in [-0.39, 0.29) is 24.4 Å². The molecule has 3 rings (SSSR count). The van der Waals surface area contributed by atoms with Crippen molar-refractivity contribution in [3.8, 4) is 28.7 Å². The summed E-state index contributed by atoms with van der Waals surface area (Å²) in [6.07, 6.45) is 0.761. The minimum absolute atomic E-state index is 0.0234. The molecule has 0 bridgehead atoms. The molecule has 0 unspecified atom stereocenters. The highest BCUT2D eigenvalue weighted by molar-refractivity contribution is 14.1. The highest BCUT2D eigenvalue weighted by Crippen LogP contribution is 2.39. The number of benzene rings is 3. The van der Waals surface area contributed by atoms with Gasteiger partial charge in [-0.1, -0.05) is 12.1 Å². The average molecular weight is 671 g/mol. The fourth-order valence-corrected chi connectivity index (χ4v) is 5.06. The Kier molecular flexibility index (Phi) is 11.4. The van der Waals surface area contributed by atoms with Crippen molar-refractivity contribution in [1.82, 2.24) is 0 Å². The zero-order valence-corrected chi connectivity index (χ0v) is 25.2. The fraction of sp³-hybridized carbons (Fsp3) is 0.286. The topological polar surface area (TPSA) is 80.3 Å². The zero-order valence-electron chi connectivity index (χ0n) is 21.5. The predicted octanol–water partition coefficient (Wildman–Crippen LogP) is 7.04. The number of ether oxygens (including phenoxy) is 5. The molecule has 3 aromatic carbocycles. The van der Waals surface area contributed by atoms with Crippen LogP contribution >= 0.6 is 44.2 Å². The first-order valence-corrected chi connectivity index (χ1v) is 14.3. The van der Waals surface area contributed by atoms with Gasteiger partial charge in [-0.2, -0.15) is 0 Å². The van der Waals surface area contributed by atoms with Crippen molar-refractivity contribution in [2.45, 2.75) is 24.2 Å². The Morgan fingerprint density at radius 1 is 0.763 bits per heavy atom. The van der Waals surface area contributed by atoms with Crippen LogP contribution in [0.1, 0.15) is 39.1 Å². The second-order valence-corrected chi connectivity index (χ2v) is 10.3. The first-order chi connectivity index (χ1) is 18.3. The van der Waals surface area contributed by atoms with E-state index in [1.807, 2.05) is 24.3 Å². The Labute approximate surface area is 244 Å². The highest BCUT2D eigenvalue weighted by Gasteiger charge is 2.20. The second-order valence-electron chi connectivity index (χ2n) is 8.07. The lowest BCUT2D eigenvalue weighted by atomic mass is 10.0. The van der Waals surface area contributed by atoms with Crippen molar-refractivity contribution in [3.63, 3.8) is 0 Å². The van der Waals surface area contributed by atoms with Crippen LogP contribution in [-0.2, 0) is 6.42 Å². The summed E-state index contributed by atoms with van der Waals surface area (Å²) in [6.45, 7) is 0.441. The van der Waals surface area contributed by atoms with Gasteiger partial charge < -0.3 is 23.7 Å². The Morgan fingerprint density at radius 3 is 1.74 bits per heavy atom. The van der Waals surface area contributed by atoms with Gasteiger partial charge in [0, 0.05) is 35.3 Å². The van der Waals surface area contributed by atoms with E-state index in [0.717, 1.165) is 14.0 Å². The van der Waals surface area contributed by atoms with Crippen LogP contribution in [0.5, 0.6) is 28.7 Å². The van der Waals surface area contributed by atoms with Gasteiger partial charge in [-0.05, 0) is 86.2 Å². The molecule has 0 amide bonds. The first kappa shape index (κ1) is 29.9. The number of Topliss-reactive ketones (excluding diaryl/α,β-unsaturated/α-hetero) is 2. The zero-order chi connectivity index (χ0) is 27.7. The Hall–Kier alpha value is -2.63. The molecule has 0 saturated carbocycles. The van der Waals surface area contributed by atoms with Crippen LogP contribution in [-0.4, -0.2) is 46.6 Å². The normalized spacial score (nSPS) is 10.6. The number of hydrogen-bond donors (Lipinski definition) is 0. The molecule has 0 aliphatic rings. The molecule has 0 N–H and O–H groups in total. The van der Waals surface area contributed by atoms with Crippen LogP contribution in [0.15, 0.2) is 53.4 Å². The molecule has 10 heteroatoms. The Morgan fingerprint density at radius 2 is 1.26 bits per heavy atom. The van der Waals surface area contributed by atoms with Gasteiger partial charge >= 0.3 is 0 Å². The molecule has 38 heavy (non-hydrogen) atoms. The van der Waals surface area contributed by atoms with Gasteiger partial charge in [0.2, 0.25) is 5.75 Å². The molecule has 0 aromatic heterocycles. The van der Waals surface area contributed by atoms with Crippen molar-refractivity contribution < 1.29 is 33.3 Å². The average Bonchev–Trinajstić information content (AvgIpc) is 2.95. The van der Waals surface area contributed by atoms with Gasteiger partial charge in [-0.25, -0.2) is 0 Å². The number of rotatable bonds is 14. The molecule has 0 spiro atoms. The standard InChI is InChI=1S/C28H28ClIO7S/c1-33-24-14-18(13-21(30)27(24)37-12-11-17-5-7-20(38-29)8-6-17)22(31)9-10-23(32)19-15-25(34-2)28(36-4)26(16-19)35-3/h5-8,13-16H,9-12H2,1-4H3. The maximum absolute atomic E-state index is 13.0. The quantitative estimate of drug-likeness (QED) is 0.134. The van der Waals surface area contributed by atoms with E-state index in [2.05, 4.69) is 22.6 Å².